The van der Waals surface area contributed by atoms with Gasteiger partial charge in [0.15, 0.2) is 0 Å². The molecular weight excluding hydrogens is 166 g/mol. The SMILES string of the molecule is CCSCC(C)(C)CNC(C)C. The monoisotopic (exact) mass is 189 g/mol. The minimum Gasteiger partial charge on any atom is -0.314 e. The van der Waals surface area contributed by atoms with E-state index in [9.17, 15) is 0 Å². The summed E-state index contributed by atoms with van der Waals surface area (Å²) in [5.74, 6) is 2.48. The Morgan fingerprint density at radius 3 is 2.33 bits per heavy atom. The first-order valence-electron chi connectivity index (χ1n) is 4.79. The molecule has 1 N–H and O–H groups in total. The molecule has 0 bridgehead atoms. The van der Waals surface area contributed by atoms with Crippen molar-refractivity contribution in [3.05, 3.63) is 0 Å². The van der Waals surface area contributed by atoms with Crippen molar-refractivity contribution in [1.82, 2.24) is 5.32 Å². The first kappa shape index (κ1) is 12.3. The lowest BCUT2D eigenvalue weighted by atomic mass is 9.96. The fourth-order valence-corrected chi connectivity index (χ4v) is 1.77. The lowest BCUT2D eigenvalue weighted by molar-refractivity contribution is 0.371. The minimum absolute atomic E-state index is 0.435. The molecule has 0 aliphatic heterocycles. The molecule has 1 nitrogen and oxygen atoms in total. The maximum Gasteiger partial charge on any atom is 0.00128 e. The van der Waals surface area contributed by atoms with E-state index in [2.05, 4.69) is 39.9 Å². The third-order valence-corrected chi connectivity index (χ3v) is 3.08. The van der Waals surface area contributed by atoms with Crippen LogP contribution in [0.5, 0.6) is 0 Å². The highest BCUT2D eigenvalue weighted by molar-refractivity contribution is 7.99. The van der Waals surface area contributed by atoms with Crippen LogP contribution < -0.4 is 5.32 Å². The lowest BCUT2D eigenvalue weighted by Gasteiger charge is -2.25. The second-order valence-corrected chi connectivity index (χ2v) is 5.61. The zero-order valence-corrected chi connectivity index (χ0v) is 9.92. The molecule has 0 unspecified atom stereocenters. The van der Waals surface area contributed by atoms with E-state index in [-0.39, 0.29) is 0 Å². The Labute approximate surface area is 81.7 Å². The van der Waals surface area contributed by atoms with Gasteiger partial charge in [0.1, 0.15) is 0 Å². The Hall–Kier alpha value is 0.310. The van der Waals surface area contributed by atoms with Crippen LogP contribution in [0, 0.1) is 5.41 Å². The van der Waals surface area contributed by atoms with Gasteiger partial charge in [-0.1, -0.05) is 34.6 Å². The summed E-state index contributed by atoms with van der Waals surface area (Å²) in [7, 11) is 0. The number of hydrogen-bond donors (Lipinski definition) is 1. The van der Waals surface area contributed by atoms with E-state index in [4.69, 9.17) is 0 Å². The van der Waals surface area contributed by atoms with E-state index in [0.29, 0.717) is 11.5 Å². The van der Waals surface area contributed by atoms with Gasteiger partial charge in [-0.15, -0.1) is 0 Å². The summed E-state index contributed by atoms with van der Waals surface area (Å²) >= 11 is 2.03. The van der Waals surface area contributed by atoms with E-state index in [1.807, 2.05) is 11.8 Å². The van der Waals surface area contributed by atoms with E-state index in [0.717, 1.165) is 6.54 Å². The van der Waals surface area contributed by atoms with Crippen LogP contribution in [-0.4, -0.2) is 24.1 Å². The summed E-state index contributed by atoms with van der Waals surface area (Å²) in [5.41, 5.74) is 0.435. The second kappa shape index (κ2) is 5.87. The molecule has 0 saturated carbocycles. The van der Waals surface area contributed by atoms with Gasteiger partial charge in [-0.05, 0) is 16.9 Å². The summed E-state index contributed by atoms with van der Waals surface area (Å²) in [6, 6.07) is 0.607. The molecule has 0 aromatic heterocycles. The highest BCUT2D eigenvalue weighted by atomic mass is 32.2. The molecule has 0 aliphatic carbocycles. The average Bonchev–Trinajstić information content (AvgIpc) is 1.98. The van der Waals surface area contributed by atoms with Crippen LogP contribution in [0.1, 0.15) is 34.6 Å². The van der Waals surface area contributed by atoms with Crippen LogP contribution in [0.25, 0.3) is 0 Å². The quantitative estimate of drug-likeness (QED) is 0.689. The summed E-state index contributed by atoms with van der Waals surface area (Å²) in [6.45, 7) is 12.4. The van der Waals surface area contributed by atoms with E-state index in [1.54, 1.807) is 0 Å². The van der Waals surface area contributed by atoms with Gasteiger partial charge in [-0.3, -0.25) is 0 Å². The van der Waals surface area contributed by atoms with Gasteiger partial charge in [0.25, 0.3) is 0 Å². The van der Waals surface area contributed by atoms with Gasteiger partial charge < -0.3 is 5.32 Å². The van der Waals surface area contributed by atoms with E-state index in [1.165, 1.54) is 11.5 Å². The van der Waals surface area contributed by atoms with Gasteiger partial charge in [-0.25, -0.2) is 0 Å². The molecular formula is C10H23NS. The third kappa shape index (κ3) is 6.99. The topological polar surface area (TPSA) is 12.0 Å². The molecule has 0 spiro atoms. The number of thioether (sulfide) groups is 1. The molecule has 0 radical (unpaired) electrons. The predicted molar refractivity (Wildman–Crippen MR) is 59.9 cm³/mol. The smallest absolute Gasteiger partial charge is 0.00128 e. The van der Waals surface area contributed by atoms with Crippen molar-refractivity contribution in [2.24, 2.45) is 5.41 Å². The van der Waals surface area contributed by atoms with Gasteiger partial charge in [0.2, 0.25) is 0 Å². The van der Waals surface area contributed by atoms with Crippen LogP contribution in [0.4, 0.5) is 0 Å². The fourth-order valence-electron chi connectivity index (χ4n) is 0.910. The zero-order valence-electron chi connectivity index (χ0n) is 9.11. The second-order valence-electron chi connectivity index (χ2n) is 4.34. The maximum atomic E-state index is 3.48. The molecule has 0 saturated heterocycles. The molecule has 0 fully saturated rings. The summed E-state index contributed by atoms with van der Waals surface area (Å²) in [5, 5.41) is 3.48. The minimum atomic E-state index is 0.435. The standard InChI is InChI=1S/C10H23NS/c1-6-12-8-10(4,5)7-11-9(2)3/h9,11H,6-8H2,1-5H3. The van der Waals surface area contributed by atoms with Crippen LogP contribution in [0.15, 0.2) is 0 Å². The van der Waals surface area contributed by atoms with Crippen LogP contribution in [-0.2, 0) is 0 Å². The molecule has 0 aromatic carbocycles. The Kier molecular flexibility index (Phi) is 6.02. The Morgan fingerprint density at radius 1 is 1.33 bits per heavy atom. The summed E-state index contributed by atoms with van der Waals surface area (Å²) in [6.07, 6.45) is 0. The highest BCUT2D eigenvalue weighted by Crippen LogP contribution is 2.20. The molecule has 12 heavy (non-hydrogen) atoms. The fraction of sp³-hybridized carbons (Fsp3) is 1.00. The van der Waals surface area contributed by atoms with E-state index < -0.39 is 0 Å². The summed E-state index contributed by atoms with van der Waals surface area (Å²) < 4.78 is 0. The molecule has 74 valence electrons. The highest BCUT2D eigenvalue weighted by Gasteiger charge is 2.16. The number of hydrogen-bond acceptors (Lipinski definition) is 2. The van der Waals surface area contributed by atoms with Crippen molar-refractivity contribution in [2.75, 3.05) is 18.1 Å². The van der Waals surface area contributed by atoms with Crippen molar-refractivity contribution < 1.29 is 0 Å². The average molecular weight is 189 g/mol. The molecule has 2 heteroatoms. The maximum absolute atomic E-state index is 3.48. The van der Waals surface area contributed by atoms with Gasteiger partial charge in [0.05, 0.1) is 0 Å². The van der Waals surface area contributed by atoms with Crippen LogP contribution in [0.2, 0.25) is 0 Å². The third-order valence-electron chi connectivity index (χ3n) is 1.69. The summed E-state index contributed by atoms with van der Waals surface area (Å²) in [4.78, 5) is 0. The molecule has 0 amide bonds. The Balaban J connectivity index is 3.56. The van der Waals surface area contributed by atoms with Crippen LogP contribution in [0.3, 0.4) is 0 Å². The molecule has 0 aromatic rings. The molecule has 0 atom stereocenters. The van der Waals surface area contributed by atoms with Gasteiger partial charge in [-0.2, -0.15) is 11.8 Å². The van der Waals surface area contributed by atoms with Crippen molar-refractivity contribution >= 4 is 11.8 Å². The van der Waals surface area contributed by atoms with Crippen molar-refractivity contribution in [2.45, 2.75) is 40.7 Å². The Bertz CT molecular complexity index is 110. The Morgan fingerprint density at radius 2 is 1.92 bits per heavy atom. The zero-order chi connectivity index (χ0) is 9.61. The van der Waals surface area contributed by atoms with Crippen molar-refractivity contribution in [3.63, 3.8) is 0 Å². The molecule has 0 rings (SSSR count). The first-order valence-corrected chi connectivity index (χ1v) is 5.94. The predicted octanol–water partition coefficient (Wildman–Crippen LogP) is 2.76. The number of rotatable bonds is 6. The normalized spacial score (nSPS) is 12.5. The van der Waals surface area contributed by atoms with Crippen molar-refractivity contribution in [1.29, 1.82) is 0 Å². The van der Waals surface area contributed by atoms with E-state index >= 15 is 0 Å². The van der Waals surface area contributed by atoms with Gasteiger partial charge in [0, 0.05) is 12.6 Å². The van der Waals surface area contributed by atoms with Gasteiger partial charge >= 0.3 is 0 Å². The number of nitrogens with one attached hydrogen (secondary N) is 1. The van der Waals surface area contributed by atoms with Crippen LogP contribution >= 0.6 is 11.8 Å². The molecule has 0 aliphatic rings. The largest absolute Gasteiger partial charge is 0.314 e. The lowest BCUT2D eigenvalue weighted by Crippen LogP contribution is -2.35. The van der Waals surface area contributed by atoms with Crippen molar-refractivity contribution in [3.8, 4) is 0 Å². The molecule has 0 heterocycles. The first-order chi connectivity index (χ1) is 5.48.